The van der Waals surface area contributed by atoms with Gasteiger partial charge in [-0.2, -0.15) is 0 Å². The van der Waals surface area contributed by atoms with Gasteiger partial charge in [0.15, 0.2) is 0 Å². The lowest BCUT2D eigenvalue weighted by atomic mass is 10.1. The molecule has 1 heterocycles. The van der Waals surface area contributed by atoms with Crippen LogP contribution in [0.5, 0.6) is 0 Å². The average Bonchev–Trinajstić information content (AvgIpc) is 2.60. The van der Waals surface area contributed by atoms with E-state index in [0.717, 1.165) is 44.8 Å². The van der Waals surface area contributed by atoms with Gasteiger partial charge in [-0.3, -0.25) is 19.3 Å². The first-order chi connectivity index (χ1) is 12.4. The number of hydrogen-bond donors (Lipinski definition) is 2. The molecule has 7 heteroatoms. The standard InChI is InChI=1S/C19H28N4O3/c1-15(24)20-9-7-19(26)23-13-11-22(12-14-23)10-8-17-3-5-18(6-4-17)21-16(2)25/h3-6H,7-14H2,1-2H3,(H,20,24)(H,21,25). The van der Waals surface area contributed by atoms with E-state index in [0.29, 0.717) is 13.0 Å². The number of carbonyl (C=O) groups excluding carboxylic acids is 3. The first-order valence-electron chi connectivity index (χ1n) is 9.05. The predicted molar refractivity (Wildman–Crippen MR) is 101 cm³/mol. The normalized spacial score (nSPS) is 14.8. The van der Waals surface area contributed by atoms with E-state index in [2.05, 4.69) is 15.5 Å². The van der Waals surface area contributed by atoms with Gasteiger partial charge >= 0.3 is 0 Å². The maximum atomic E-state index is 12.1. The zero-order valence-corrected chi connectivity index (χ0v) is 15.6. The van der Waals surface area contributed by atoms with Crippen LogP contribution >= 0.6 is 0 Å². The third-order valence-electron chi connectivity index (χ3n) is 4.43. The van der Waals surface area contributed by atoms with E-state index in [4.69, 9.17) is 0 Å². The zero-order chi connectivity index (χ0) is 18.9. The summed E-state index contributed by atoms with van der Waals surface area (Å²) < 4.78 is 0. The van der Waals surface area contributed by atoms with E-state index >= 15 is 0 Å². The molecule has 0 aliphatic carbocycles. The minimum absolute atomic E-state index is 0.0674. The van der Waals surface area contributed by atoms with Gasteiger partial charge in [0.25, 0.3) is 0 Å². The second-order valence-electron chi connectivity index (χ2n) is 6.58. The Morgan fingerprint density at radius 3 is 2.19 bits per heavy atom. The van der Waals surface area contributed by atoms with Crippen LogP contribution in [0.4, 0.5) is 5.69 Å². The number of piperazine rings is 1. The summed E-state index contributed by atoms with van der Waals surface area (Å²) in [7, 11) is 0. The molecule has 0 spiro atoms. The molecule has 0 saturated carbocycles. The molecule has 142 valence electrons. The Kier molecular flexibility index (Phi) is 7.59. The van der Waals surface area contributed by atoms with E-state index in [1.807, 2.05) is 29.2 Å². The number of rotatable bonds is 7. The highest BCUT2D eigenvalue weighted by Gasteiger charge is 2.20. The van der Waals surface area contributed by atoms with Crippen LogP contribution < -0.4 is 10.6 Å². The highest BCUT2D eigenvalue weighted by molar-refractivity contribution is 5.88. The van der Waals surface area contributed by atoms with Crippen LogP contribution in [-0.2, 0) is 20.8 Å². The van der Waals surface area contributed by atoms with Gasteiger partial charge in [-0.15, -0.1) is 0 Å². The highest BCUT2D eigenvalue weighted by Crippen LogP contribution is 2.11. The molecule has 2 rings (SSSR count). The molecule has 1 fully saturated rings. The van der Waals surface area contributed by atoms with Gasteiger partial charge in [0, 0.05) is 65.2 Å². The van der Waals surface area contributed by atoms with Crippen molar-refractivity contribution >= 4 is 23.4 Å². The number of nitrogens with one attached hydrogen (secondary N) is 2. The molecule has 0 bridgehead atoms. The summed E-state index contributed by atoms with van der Waals surface area (Å²) in [5, 5.41) is 5.42. The fraction of sp³-hybridized carbons (Fsp3) is 0.526. The van der Waals surface area contributed by atoms with Crippen LogP contribution in [0.2, 0.25) is 0 Å². The van der Waals surface area contributed by atoms with Crippen molar-refractivity contribution in [2.24, 2.45) is 0 Å². The number of hydrogen-bond acceptors (Lipinski definition) is 4. The van der Waals surface area contributed by atoms with Crippen LogP contribution in [0.1, 0.15) is 25.8 Å². The fourth-order valence-corrected chi connectivity index (χ4v) is 2.97. The Morgan fingerprint density at radius 1 is 0.962 bits per heavy atom. The molecule has 1 saturated heterocycles. The molecule has 0 aromatic heterocycles. The fourth-order valence-electron chi connectivity index (χ4n) is 2.97. The van der Waals surface area contributed by atoms with Gasteiger partial charge in [0.2, 0.25) is 17.7 Å². The van der Waals surface area contributed by atoms with E-state index in [1.165, 1.54) is 19.4 Å². The summed E-state index contributed by atoms with van der Waals surface area (Å²) in [5.74, 6) is -0.0677. The molecule has 0 radical (unpaired) electrons. The summed E-state index contributed by atoms with van der Waals surface area (Å²) in [6, 6.07) is 7.91. The lowest BCUT2D eigenvalue weighted by Gasteiger charge is -2.34. The average molecular weight is 360 g/mol. The lowest BCUT2D eigenvalue weighted by Crippen LogP contribution is -2.49. The minimum Gasteiger partial charge on any atom is -0.356 e. The number of benzene rings is 1. The summed E-state index contributed by atoms with van der Waals surface area (Å²) in [4.78, 5) is 38.2. The Balaban J connectivity index is 1.67. The van der Waals surface area contributed by atoms with Crippen LogP contribution in [0.3, 0.4) is 0 Å². The van der Waals surface area contributed by atoms with Crippen molar-refractivity contribution in [2.45, 2.75) is 26.7 Å². The van der Waals surface area contributed by atoms with Crippen molar-refractivity contribution in [3.05, 3.63) is 29.8 Å². The highest BCUT2D eigenvalue weighted by atomic mass is 16.2. The largest absolute Gasteiger partial charge is 0.356 e. The smallest absolute Gasteiger partial charge is 0.224 e. The summed E-state index contributed by atoms with van der Waals surface area (Å²) >= 11 is 0. The third kappa shape index (κ3) is 6.84. The molecule has 3 amide bonds. The SMILES string of the molecule is CC(=O)NCCC(=O)N1CCN(CCc2ccc(NC(C)=O)cc2)CC1. The van der Waals surface area contributed by atoms with Crippen LogP contribution in [0.15, 0.2) is 24.3 Å². The van der Waals surface area contributed by atoms with Crippen molar-refractivity contribution in [1.82, 2.24) is 15.1 Å². The molecular formula is C19H28N4O3. The lowest BCUT2D eigenvalue weighted by molar-refractivity contribution is -0.132. The molecular weight excluding hydrogens is 332 g/mol. The van der Waals surface area contributed by atoms with E-state index < -0.39 is 0 Å². The van der Waals surface area contributed by atoms with Gasteiger partial charge < -0.3 is 15.5 Å². The maximum absolute atomic E-state index is 12.1. The number of nitrogens with zero attached hydrogens (tertiary/aromatic N) is 2. The molecule has 26 heavy (non-hydrogen) atoms. The number of amides is 3. The monoisotopic (exact) mass is 360 g/mol. The van der Waals surface area contributed by atoms with E-state index in [-0.39, 0.29) is 17.7 Å². The van der Waals surface area contributed by atoms with Gasteiger partial charge in [-0.05, 0) is 24.1 Å². The van der Waals surface area contributed by atoms with Crippen LogP contribution in [-0.4, -0.2) is 66.8 Å². The van der Waals surface area contributed by atoms with Crippen molar-refractivity contribution < 1.29 is 14.4 Å². The second-order valence-corrected chi connectivity index (χ2v) is 6.58. The first-order valence-corrected chi connectivity index (χ1v) is 9.05. The van der Waals surface area contributed by atoms with Gasteiger partial charge in [-0.25, -0.2) is 0 Å². The van der Waals surface area contributed by atoms with Crippen molar-refractivity contribution in [3.63, 3.8) is 0 Å². The van der Waals surface area contributed by atoms with Gasteiger partial charge in [-0.1, -0.05) is 12.1 Å². The summed E-state index contributed by atoms with van der Waals surface area (Å²) in [5.41, 5.74) is 2.04. The Labute approximate surface area is 154 Å². The molecule has 1 aromatic carbocycles. The van der Waals surface area contributed by atoms with Crippen LogP contribution in [0.25, 0.3) is 0 Å². The van der Waals surface area contributed by atoms with E-state index in [9.17, 15) is 14.4 Å². The topological polar surface area (TPSA) is 81.8 Å². The molecule has 1 aliphatic heterocycles. The molecule has 1 aliphatic rings. The molecule has 0 unspecified atom stereocenters. The summed E-state index contributed by atoms with van der Waals surface area (Å²) in [6.07, 6.45) is 1.30. The maximum Gasteiger partial charge on any atom is 0.224 e. The first kappa shape index (κ1) is 19.9. The Bertz CT molecular complexity index is 622. The number of carbonyl (C=O) groups is 3. The predicted octanol–water partition coefficient (Wildman–Crippen LogP) is 0.858. The van der Waals surface area contributed by atoms with Crippen LogP contribution in [0, 0.1) is 0 Å². The molecule has 1 aromatic rings. The van der Waals surface area contributed by atoms with Gasteiger partial charge in [0.1, 0.15) is 0 Å². The quantitative estimate of drug-likeness (QED) is 0.756. The number of anilines is 1. The summed E-state index contributed by atoms with van der Waals surface area (Å²) in [6.45, 7) is 7.53. The minimum atomic E-state index is -0.104. The molecule has 7 nitrogen and oxygen atoms in total. The third-order valence-corrected chi connectivity index (χ3v) is 4.43. The van der Waals surface area contributed by atoms with Gasteiger partial charge in [0.05, 0.1) is 0 Å². The molecule has 0 atom stereocenters. The Morgan fingerprint density at radius 2 is 1.62 bits per heavy atom. The molecule has 2 N–H and O–H groups in total. The van der Waals surface area contributed by atoms with E-state index in [1.54, 1.807) is 0 Å². The Hall–Kier alpha value is -2.41. The van der Waals surface area contributed by atoms with Crippen molar-refractivity contribution in [1.29, 1.82) is 0 Å². The zero-order valence-electron chi connectivity index (χ0n) is 15.6. The van der Waals surface area contributed by atoms with Crippen molar-refractivity contribution in [3.8, 4) is 0 Å². The second kappa shape index (κ2) is 9.91. The van der Waals surface area contributed by atoms with Crippen molar-refractivity contribution in [2.75, 3.05) is 44.6 Å².